The van der Waals surface area contributed by atoms with Crippen LogP contribution in [-0.2, 0) is 6.18 Å². The predicted molar refractivity (Wildman–Crippen MR) is 153 cm³/mol. The average Bonchev–Trinajstić information content (AvgIpc) is 3.36. The zero-order valence-electron chi connectivity index (χ0n) is 22.1. The van der Waals surface area contributed by atoms with Gasteiger partial charge in [0.05, 0.1) is 24.5 Å². The molecule has 5 aromatic rings. The maximum atomic E-state index is 14.1. The van der Waals surface area contributed by atoms with Crippen molar-refractivity contribution in [2.24, 2.45) is 5.10 Å². The number of halogens is 5. The summed E-state index contributed by atoms with van der Waals surface area (Å²) < 4.78 is 63.7. The van der Waals surface area contributed by atoms with Crippen molar-refractivity contribution >= 4 is 40.6 Å². The molecule has 218 valence electrons. The molecule has 1 aromatic heterocycles. The van der Waals surface area contributed by atoms with Gasteiger partial charge in [-0.3, -0.25) is 4.79 Å². The van der Waals surface area contributed by atoms with Crippen molar-refractivity contribution in [3.8, 4) is 22.6 Å². The fourth-order valence-electron chi connectivity index (χ4n) is 4.33. The normalized spacial score (nSPS) is 11.6. The summed E-state index contributed by atoms with van der Waals surface area (Å²) in [5.41, 5.74) is 3.13. The summed E-state index contributed by atoms with van der Waals surface area (Å²) in [4.78, 5) is 28.7. The van der Waals surface area contributed by atoms with Crippen LogP contribution in [0.1, 0.15) is 32.0 Å². The second-order valence-corrected chi connectivity index (χ2v) is 9.53. The van der Waals surface area contributed by atoms with Gasteiger partial charge in [0, 0.05) is 27.1 Å². The number of carbonyl (C=O) groups is 2. The van der Waals surface area contributed by atoms with Crippen LogP contribution in [0.15, 0.2) is 90.0 Å². The number of aromatic amines is 1. The number of ether oxygens (including phenoxy) is 2. The molecule has 0 bridgehead atoms. The van der Waals surface area contributed by atoms with E-state index in [-0.39, 0.29) is 22.8 Å². The molecule has 1 heterocycles. The number of nitrogens with one attached hydrogen (secondary N) is 2. The summed E-state index contributed by atoms with van der Waals surface area (Å²) in [5.74, 6) is -2.07. The van der Waals surface area contributed by atoms with Crippen LogP contribution < -0.4 is 14.9 Å². The van der Waals surface area contributed by atoms with E-state index in [4.69, 9.17) is 21.1 Å². The summed E-state index contributed by atoms with van der Waals surface area (Å²) >= 11 is 6.39. The van der Waals surface area contributed by atoms with E-state index >= 15 is 0 Å². The number of carbonyl (C=O) groups excluding carboxylic acids is 2. The minimum atomic E-state index is -4.62. The van der Waals surface area contributed by atoms with Crippen molar-refractivity contribution < 1.29 is 36.6 Å². The summed E-state index contributed by atoms with van der Waals surface area (Å²) in [7, 11) is 1.31. The van der Waals surface area contributed by atoms with Crippen LogP contribution in [0.25, 0.3) is 22.0 Å². The lowest BCUT2D eigenvalue weighted by Gasteiger charge is -2.11. The first kappa shape index (κ1) is 29.3. The minimum absolute atomic E-state index is 0.0409. The molecule has 4 aromatic carbocycles. The van der Waals surface area contributed by atoms with Gasteiger partial charge in [0.1, 0.15) is 11.5 Å². The molecule has 0 unspecified atom stereocenters. The maximum Gasteiger partial charge on any atom is 0.416 e. The quantitative estimate of drug-likeness (QED) is 0.0652. The summed E-state index contributed by atoms with van der Waals surface area (Å²) in [6, 6.07) is 19.1. The lowest BCUT2D eigenvalue weighted by molar-refractivity contribution is -0.137. The van der Waals surface area contributed by atoms with Crippen molar-refractivity contribution in [1.29, 1.82) is 0 Å². The average molecular weight is 610 g/mol. The highest BCUT2D eigenvalue weighted by Crippen LogP contribution is 2.37. The van der Waals surface area contributed by atoms with Crippen molar-refractivity contribution in [1.82, 2.24) is 10.4 Å². The molecule has 0 fully saturated rings. The highest BCUT2D eigenvalue weighted by atomic mass is 35.5. The van der Waals surface area contributed by atoms with Gasteiger partial charge in [-0.2, -0.15) is 18.3 Å². The Morgan fingerprint density at radius 3 is 2.49 bits per heavy atom. The number of alkyl halides is 3. The van der Waals surface area contributed by atoms with Gasteiger partial charge in [-0.25, -0.2) is 14.6 Å². The fourth-order valence-corrected chi connectivity index (χ4v) is 4.56. The molecule has 1 amide bonds. The minimum Gasteiger partial charge on any atom is -0.493 e. The number of nitrogens with zero attached hydrogens (tertiary/aromatic N) is 1. The van der Waals surface area contributed by atoms with E-state index in [1.807, 2.05) is 0 Å². The van der Waals surface area contributed by atoms with Crippen molar-refractivity contribution in [2.45, 2.75) is 6.18 Å². The third kappa shape index (κ3) is 6.36. The molecular weight excluding hydrogens is 590 g/mol. The van der Waals surface area contributed by atoms with E-state index < -0.39 is 29.4 Å². The Kier molecular flexibility index (Phi) is 8.18. The molecule has 0 spiro atoms. The molecule has 43 heavy (non-hydrogen) atoms. The summed E-state index contributed by atoms with van der Waals surface area (Å²) in [6.07, 6.45) is -3.32. The SMILES string of the molecule is COc1cc(C=NNC(=O)c2[nH]c3ccc(F)cc3c2-c2ccccc2Cl)ccc1OC(=O)c1cccc(C(F)(F)F)c1. The maximum absolute atomic E-state index is 14.1. The Balaban J connectivity index is 1.35. The molecule has 5 rings (SSSR count). The fraction of sp³-hybridized carbons (Fsp3) is 0.0645. The monoisotopic (exact) mass is 609 g/mol. The second-order valence-electron chi connectivity index (χ2n) is 9.12. The van der Waals surface area contributed by atoms with E-state index in [1.54, 1.807) is 24.3 Å². The number of hydrogen-bond acceptors (Lipinski definition) is 5. The van der Waals surface area contributed by atoms with Crippen LogP contribution in [0.4, 0.5) is 17.6 Å². The van der Waals surface area contributed by atoms with Gasteiger partial charge in [0.2, 0.25) is 0 Å². The van der Waals surface area contributed by atoms with E-state index in [2.05, 4.69) is 15.5 Å². The molecule has 0 aliphatic rings. The number of aromatic nitrogens is 1. The molecule has 2 N–H and O–H groups in total. The number of H-pyrrole nitrogens is 1. The van der Waals surface area contributed by atoms with Crippen molar-refractivity contribution in [2.75, 3.05) is 7.11 Å². The van der Waals surface area contributed by atoms with Gasteiger partial charge >= 0.3 is 12.1 Å². The van der Waals surface area contributed by atoms with Gasteiger partial charge < -0.3 is 14.5 Å². The van der Waals surface area contributed by atoms with Gasteiger partial charge in [-0.1, -0.05) is 35.9 Å². The summed E-state index contributed by atoms with van der Waals surface area (Å²) in [6.45, 7) is 0. The Morgan fingerprint density at radius 2 is 1.74 bits per heavy atom. The van der Waals surface area contributed by atoms with Gasteiger partial charge in [0.25, 0.3) is 5.91 Å². The van der Waals surface area contributed by atoms with E-state index in [0.29, 0.717) is 38.7 Å². The standard InChI is InChI=1S/C31H20ClF4N3O4/c1-42-26-13-17(9-12-25(26)43-30(41)18-5-4-6-19(14-18)31(34,35)36)16-37-39-29(40)28-27(21-7-2-3-8-23(21)32)22-15-20(33)10-11-24(22)38-28/h2-16,38H,1H3,(H,39,40). The van der Waals surface area contributed by atoms with Crippen LogP contribution in [-0.4, -0.2) is 30.2 Å². The molecule has 0 atom stereocenters. The van der Waals surface area contributed by atoms with Crippen LogP contribution in [0.3, 0.4) is 0 Å². The van der Waals surface area contributed by atoms with Crippen LogP contribution in [0, 0.1) is 5.82 Å². The van der Waals surface area contributed by atoms with Crippen molar-refractivity contribution in [3.05, 3.63) is 118 Å². The van der Waals surface area contributed by atoms with Gasteiger partial charge in [-0.05, 0) is 66.2 Å². The molecule has 0 radical (unpaired) electrons. The number of hydrazone groups is 1. The number of methoxy groups -OCH3 is 1. The van der Waals surface area contributed by atoms with Gasteiger partial charge in [-0.15, -0.1) is 0 Å². The number of benzene rings is 4. The Hall–Kier alpha value is -5.16. The Labute approximate surface area is 246 Å². The second kappa shape index (κ2) is 12.0. The van der Waals surface area contributed by atoms with E-state index in [9.17, 15) is 27.2 Å². The zero-order chi connectivity index (χ0) is 30.7. The van der Waals surface area contributed by atoms with Crippen LogP contribution in [0.5, 0.6) is 11.5 Å². The third-order valence-corrected chi connectivity index (χ3v) is 6.66. The number of esters is 1. The first-order valence-electron chi connectivity index (χ1n) is 12.5. The molecule has 0 aliphatic carbocycles. The number of hydrogen-bond donors (Lipinski definition) is 2. The molecule has 0 saturated heterocycles. The predicted octanol–water partition coefficient (Wildman–Crippen LogP) is 7.64. The van der Waals surface area contributed by atoms with Crippen LogP contribution in [0.2, 0.25) is 5.02 Å². The first-order chi connectivity index (χ1) is 20.5. The summed E-state index contributed by atoms with van der Waals surface area (Å²) in [5, 5.41) is 4.81. The van der Waals surface area contributed by atoms with Crippen LogP contribution >= 0.6 is 11.6 Å². The lowest BCUT2D eigenvalue weighted by Crippen LogP contribution is -2.19. The topological polar surface area (TPSA) is 92.8 Å². The van der Waals surface area contributed by atoms with Gasteiger partial charge in [0.15, 0.2) is 11.5 Å². The number of rotatable bonds is 7. The largest absolute Gasteiger partial charge is 0.493 e. The van der Waals surface area contributed by atoms with E-state index in [0.717, 1.165) is 12.1 Å². The molecule has 12 heteroatoms. The van der Waals surface area contributed by atoms with E-state index in [1.165, 1.54) is 55.8 Å². The first-order valence-corrected chi connectivity index (χ1v) is 12.9. The molecular formula is C31H20ClF4N3O4. The Bertz CT molecular complexity index is 1890. The van der Waals surface area contributed by atoms with Crippen molar-refractivity contribution in [3.63, 3.8) is 0 Å². The number of fused-ring (bicyclic) bond motifs is 1. The molecule has 0 saturated carbocycles. The molecule has 7 nitrogen and oxygen atoms in total. The Morgan fingerprint density at radius 1 is 0.953 bits per heavy atom. The highest BCUT2D eigenvalue weighted by Gasteiger charge is 2.31. The third-order valence-electron chi connectivity index (χ3n) is 6.33. The zero-order valence-corrected chi connectivity index (χ0v) is 22.9. The highest BCUT2D eigenvalue weighted by molar-refractivity contribution is 6.34. The molecule has 0 aliphatic heterocycles. The lowest BCUT2D eigenvalue weighted by atomic mass is 10.0. The smallest absolute Gasteiger partial charge is 0.416 e. The number of amides is 1.